The zero-order valence-electron chi connectivity index (χ0n) is 14.9. The zero-order valence-corrected chi connectivity index (χ0v) is 14.9. The molecule has 1 heterocycles. The van der Waals surface area contributed by atoms with Crippen molar-refractivity contribution in [1.29, 1.82) is 0 Å². The molecule has 0 aliphatic carbocycles. The summed E-state index contributed by atoms with van der Waals surface area (Å²) in [5, 5.41) is 2.55. The lowest BCUT2D eigenvalue weighted by molar-refractivity contribution is -0.137. The molecule has 4 nitrogen and oxygen atoms in total. The fourth-order valence-electron chi connectivity index (χ4n) is 2.73. The number of rotatable bonds is 6. The van der Waals surface area contributed by atoms with Gasteiger partial charge >= 0.3 is 12.2 Å². The Hall–Kier alpha value is -3.22. The van der Waals surface area contributed by atoms with Crippen LogP contribution < -0.4 is 5.32 Å². The molecular weight excluding hydrogens is 369 g/mol. The second kappa shape index (κ2) is 8.65. The van der Waals surface area contributed by atoms with Gasteiger partial charge < -0.3 is 14.6 Å². The van der Waals surface area contributed by atoms with E-state index in [9.17, 15) is 18.0 Å². The van der Waals surface area contributed by atoms with Crippen molar-refractivity contribution in [1.82, 2.24) is 4.90 Å². The second-order valence-electron chi connectivity index (χ2n) is 6.25. The standard InChI is InChI=1S/C21H19F3N2O2/c22-21(23,24)17-8-4-9-18(14-17)25-20(27)26(15-19-10-5-13-28-19)12-11-16-6-2-1-3-7-16/h1-10,13-14H,11-12,15H2,(H,25,27). The maximum Gasteiger partial charge on any atom is 0.416 e. The number of carbonyl (C=O) groups is 1. The molecule has 0 saturated heterocycles. The van der Waals surface area contributed by atoms with Crippen LogP contribution in [-0.2, 0) is 19.1 Å². The van der Waals surface area contributed by atoms with E-state index in [1.165, 1.54) is 23.3 Å². The monoisotopic (exact) mass is 388 g/mol. The highest BCUT2D eigenvalue weighted by Crippen LogP contribution is 2.30. The second-order valence-corrected chi connectivity index (χ2v) is 6.25. The largest absolute Gasteiger partial charge is 0.467 e. The lowest BCUT2D eigenvalue weighted by Gasteiger charge is -2.22. The molecule has 0 aliphatic heterocycles. The van der Waals surface area contributed by atoms with Gasteiger partial charge in [-0.3, -0.25) is 0 Å². The van der Waals surface area contributed by atoms with Crippen molar-refractivity contribution >= 4 is 11.7 Å². The summed E-state index contributed by atoms with van der Waals surface area (Å²) in [5.41, 5.74) is 0.329. The third-order valence-electron chi connectivity index (χ3n) is 4.17. The van der Waals surface area contributed by atoms with Gasteiger partial charge in [0, 0.05) is 12.2 Å². The number of halogens is 3. The van der Waals surface area contributed by atoms with Crippen molar-refractivity contribution in [2.75, 3.05) is 11.9 Å². The van der Waals surface area contributed by atoms with Crippen LogP contribution in [0.5, 0.6) is 0 Å². The number of alkyl halides is 3. The predicted octanol–water partition coefficient (Wildman–Crippen LogP) is 5.58. The molecule has 1 N–H and O–H groups in total. The minimum Gasteiger partial charge on any atom is -0.467 e. The molecule has 0 fully saturated rings. The first-order chi connectivity index (χ1) is 13.4. The van der Waals surface area contributed by atoms with Gasteiger partial charge in [-0.05, 0) is 42.3 Å². The summed E-state index contributed by atoms with van der Waals surface area (Å²) < 4.78 is 44.0. The van der Waals surface area contributed by atoms with Crippen LogP contribution in [0.1, 0.15) is 16.9 Å². The van der Waals surface area contributed by atoms with E-state index in [-0.39, 0.29) is 12.2 Å². The molecule has 0 aliphatic rings. The molecule has 146 valence electrons. The van der Waals surface area contributed by atoms with E-state index < -0.39 is 17.8 Å². The molecule has 7 heteroatoms. The Balaban J connectivity index is 1.72. The Morgan fingerprint density at radius 2 is 1.79 bits per heavy atom. The average Bonchev–Trinajstić information content (AvgIpc) is 3.18. The summed E-state index contributed by atoms with van der Waals surface area (Å²) in [6.07, 6.45) is -2.35. The number of hydrogen-bond donors (Lipinski definition) is 1. The zero-order chi connectivity index (χ0) is 20.0. The number of anilines is 1. The fourth-order valence-corrected chi connectivity index (χ4v) is 2.73. The Morgan fingerprint density at radius 3 is 2.46 bits per heavy atom. The van der Waals surface area contributed by atoms with Crippen LogP contribution in [0.2, 0.25) is 0 Å². The molecule has 0 radical (unpaired) electrons. The quantitative estimate of drug-likeness (QED) is 0.600. The summed E-state index contributed by atoms with van der Waals surface area (Å²) >= 11 is 0. The van der Waals surface area contributed by atoms with Crippen LogP contribution in [0.4, 0.5) is 23.7 Å². The lowest BCUT2D eigenvalue weighted by atomic mass is 10.1. The van der Waals surface area contributed by atoms with E-state index in [1.54, 1.807) is 12.1 Å². The van der Waals surface area contributed by atoms with Crippen molar-refractivity contribution in [3.63, 3.8) is 0 Å². The molecule has 2 aromatic carbocycles. The number of carbonyl (C=O) groups excluding carboxylic acids is 1. The van der Waals surface area contributed by atoms with Crippen molar-refractivity contribution in [2.24, 2.45) is 0 Å². The van der Waals surface area contributed by atoms with Crippen LogP contribution in [-0.4, -0.2) is 17.5 Å². The molecule has 3 rings (SSSR count). The van der Waals surface area contributed by atoms with Crippen LogP contribution >= 0.6 is 0 Å². The van der Waals surface area contributed by atoms with E-state index in [4.69, 9.17) is 4.42 Å². The Morgan fingerprint density at radius 1 is 1.00 bits per heavy atom. The first-order valence-electron chi connectivity index (χ1n) is 8.71. The summed E-state index contributed by atoms with van der Waals surface area (Å²) in [6.45, 7) is 0.597. The van der Waals surface area contributed by atoms with Gasteiger partial charge in [-0.1, -0.05) is 36.4 Å². The van der Waals surface area contributed by atoms with Gasteiger partial charge in [-0.25, -0.2) is 4.79 Å². The molecule has 3 aromatic rings. The molecule has 1 aromatic heterocycles. The number of furan rings is 1. The molecular formula is C21H19F3N2O2. The molecule has 0 saturated carbocycles. The minimum atomic E-state index is -4.47. The van der Waals surface area contributed by atoms with Crippen molar-refractivity contribution < 1.29 is 22.4 Å². The maximum atomic E-state index is 12.9. The van der Waals surface area contributed by atoms with Crippen LogP contribution in [0.25, 0.3) is 0 Å². The number of urea groups is 1. The van der Waals surface area contributed by atoms with Crippen LogP contribution in [0, 0.1) is 0 Å². The Kier molecular flexibility index (Phi) is 6.03. The highest BCUT2D eigenvalue weighted by atomic mass is 19.4. The molecule has 28 heavy (non-hydrogen) atoms. The van der Waals surface area contributed by atoms with E-state index in [0.29, 0.717) is 18.7 Å². The van der Waals surface area contributed by atoms with Gasteiger partial charge in [0.05, 0.1) is 18.4 Å². The molecule has 0 bridgehead atoms. The summed E-state index contributed by atoms with van der Waals surface area (Å²) in [4.78, 5) is 14.2. The third-order valence-corrected chi connectivity index (χ3v) is 4.17. The SMILES string of the molecule is O=C(Nc1cccc(C(F)(F)F)c1)N(CCc1ccccc1)Cc1ccco1. The summed E-state index contributed by atoms with van der Waals surface area (Å²) in [6, 6.07) is 17.2. The van der Waals surface area contributed by atoms with Gasteiger partial charge in [0.2, 0.25) is 0 Å². The smallest absolute Gasteiger partial charge is 0.416 e. The van der Waals surface area contributed by atoms with Crippen molar-refractivity contribution in [2.45, 2.75) is 19.1 Å². The number of amides is 2. The average molecular weight is 388 g/mol. The maximum absolute atomic E-state index is 12.9. The predicted molar refractivity (Wildman–Crippen MR) is 99.7 cm³/mol. The van der Waals surface area contributed by atoms with E-state index in [2.05, 4.69) is 5.32 Å². The topological polar surface area (TPSA) is 45.5 Å². The van der Waals surface area contributed by atoms with Crippen LogP contribution in [0.3, 0.4) is 0 Å². The Labute approximate surface area is 160 Å². The number of nitrogens with zero attached hydrogens (tertiary/aromatic N) is 1. The molecule has 0 unspecified atom stereocenters. The highest BCUT2D eigenvalue weighted by molar-refractivity contribution is 5.89. The van der Waals surface area contributed by atoms with E-state index >= 15 is 0 Å². The summed E-state index contributed by atoms with van der Waals surface area (Å²) in [5.74, 6) is 0.590. The molecule has 2 amide bonds. The Bertz CT molecular complexity index is 894. The normalized spacial score (nSPS) is 11.2. The molecule has 0 spiro atoms. The van der Waals surface area contributed by atoms with E-state index in [0.717, 1.165) is 17.7 Å². The number of nitrogens with one attached hydrogen (secondary N) is 1. The van der Waals surface area contributed by atoms with Crippen molar-refractivity contribution in [3.05, 3.63) is 89.9 Å². The van der Waals surface area contributed by atoms with Gasteiger partial charge in [-0.2, -0.15) is 13.2 Å². The van der Waals surface area contributed by atoms with Gasteiger partial charge in [0.15, 0.2) is 0 Å². The van der Waals surface area contributed by atoms with E-state index in [1.807, 2.05) is 30.3 Å². The lowest BCUT2D eigenvalue weighted by Crippen LogP contribution is -2.36. The first-order valence-corrected chi connectivity index (χ1v) is 8.71. The molecule has 0 atom stereocenters. The van der Waals surface area contributed by atoms with Gasteiger partial charge in [0.25, 0.3) is 0 Å². The fraction of sp³-hybridized carbons (Fsp3) is 0.190. The number of hydrogen-bond acceptors (Lipinski definition) is 2. The van der Waals surface area contributed by atoms with Gasteiger partial charge in [0.1, 0.15) is 5.76 Å². The summed E-state index contributed by atoms with van der Waals surface area (Å²) in [7, 11) is 0. The van der Waals surface area contributed by atoms with Crippen molar-refractivity contribution in [3.8, 4) is 0 Å². The third kappa shape index (κ3) is 5.39. The highest BCUT2D eigenvalue weighted by Gasteiger charge is 2.30. The van der Waals surface area contributed by atoms with Crippen LogP contribution in [0.15, 0.2) is 77.4 Å². The number of benzene rings is 2. The minimum absolute atomic E-state index is 0.0870. The first kappa shape index (κ1) is 19.5. The van der Waals surface area contributed by atoms with Gasteiger partial charge in [-0.15, -0.1) is 0 Å².